The normalized spacial score (nSPS) is 15.0. The maximum Gasteiger partial charge on any atom is 0.254 e. The van der Waals surface area contributed by atoms with E-state index in [4.69, 9.17) is 11.6 Å². The van der Waals surface area contributed by atoms with E-state index in [0.717, 1.165) is 11.3 Å². The second-order valence-corrected chi connectivity index (χ2v) is 10.9. The quantitative estimate of drug-likeness (QED) is 0.273. The van der Waals surface area contributed by atoms with Gasteiger partial charge in [-0.25, -0.2) is 0 Å². The zero-order valence-electron chi connectivity index (χ0n) is 21.9. The van der Waals surface area contributed by atoms with E-state index in [1.54, 1.807) is 31.2 Å². The molecule has 0 radical (unpaired) electrons. The van der Waals surface area contributed by atoms with Crippen molar-refractivity contribution in [2.24, 2.45) is 0 Å². The molecule has 0 saturated heterocycles. The molecule has 0 bridgehead atoms. The smallest absolute Gasteiger partial charge is 0.254 e. The molecule has 3 aromatic rings. The zero-order valence-corrected chi connectivity index (χ0v) is 23.5. The minimum absolute atomic E-state index is 0.0978. The molecule has 1 unspecified atom stereocenters. The van der Waals surface area contributed by atoms with Crippen LogP contribution >= 0.6 is 23.4 Å². The molecular weight excluding hydrogens is 528 g/mol. The van der Waals surface area contributed by atoms with E-state index in [1.807, 2.05) is 54.6 Å². The Labute approximate surface area is 238 Å². The lowest BCUT2D eigenvalue weighted by Gasteiger charge is -2.30. The van der Waals surface area contributed by atoms with Crippen molar-refractivity contribution in [1.82, 2.24) is 5.32 Å². The van der Waals surface area contributed by atoms with Gasteiger partial charge in [-0.1, -0.05) is 79.7 Å². The molecular formula is C31H29ClN4O2S. The monoisotopic (exact) mass is 556 g/mol. The number of nitriles is 1. The van der Waals surface area contributed by atoms with Crippen molar-refractivity contribution >= 4 is 46.6 Å². The van der Waals surface area contributed by atoms with Crippen LogP contribution in [0.1, 0.15) is 43.7 Å². The number of benzene rings is 3. The molecule has 0 spiro atoms. The van der Waals surface area contributed by atoms with Crippen LogP contribution in [0.3, 0.4) is 0 Å². The van der Waals surface area contributed by atoms with Gasteiger partial charge < -0.3 is 16.0 Å². The zero-order chi connectivity index (χ0) is 27.9. The van der Waals surface area contributed by atoms with E-state index in [9.17, 15) is 14.9 Å². The summed E-state index contributed by atoms with van der Waals surface area (Å²) in [6, 6.07) is 26.4. The maximum absolute atomic E-state index is 13.5. The number of rotatable bonds is 8. The fourth-order valence-electron chi connectivity index (χ4n) is 4.32. The summed E-state index contributed by atoms with van der Waals surface area (Å²) in [5, 5.41) is 20.4. The van der Waals surface area contributed by atoms with Crippen LogP contribution in [0.25, 0.3) is 0 Å². The number of nitrogens with one attached hydrogen (secondary N) is 3. The Morgan fingerprint density at radius 3 is 2.21 bits per heavy atom. The van der Waals surface area contributed by atoms with Crippen LogP contribution in [-0.4, -0.2) is 17.6 Å². The van der Waals surface area contributed by atoms with Crippen LogP contribution in [0, 0.1) is 11.3 Å². The highest BCUT2D eigenvalue weighted by atomic mass is 35.5. The van der Waals surface area contributed by atoms with E-state index in [2.05, 4.69) is 35.9 Å². The van der Waals surface area contributed by atoms with Crippen molar-refractivity contribution in [2.75, 3.05) is 16.4 Å². The van der Waals surface area contributed by atoms with Crippen molar-refractivity contribution < 1.29 is 9.59 Å². The predicted octanol–water partition coefficient (Wildman–Crippen LogP) is 7.17. The molecule has 0 fully saturated rings. The second-order valence-electron chi connectivity index (χ2n) is 9.44. The summed E-state index contributed by atoms with van der Waals surface area (Å²) in [7, 11) is 0. The van der Waals surface area contributed by atoms with Gasteiger partial charge in [0.2, 0.25) is 5.91 Å². The average Bonchev–Trinajstić information content (AvgIpc) is 2.93. The van der Waals surface area contributed by atoms with Crippen molar-refractivity contribution in [3.8, 4) is 6.07 Å². The highest BCUT2D eigenvalue weighted by Crippen LogP contribution is 2.41. The first-order valence-corrected chi connectivity index (χ1v) is 13.9. The largest absolute Gasteiger partial charge is 0.353 e. The maximum atomic E-state index is 13.5. The van der Waals surface area contributed by atoms with Gasteiger partial charge in [-0.15, -0.1) is 0 Å². The van der Waals surface area contributed by atoms with Crippen LogP contribution in [0.2, 0.25) is 5.02 Å². The number of dihydropyridines is 1. The van der Waals surface area contributed by atoms with Crippen LogP contribution in [-0.2, 0) is 9.59 Å². The molecule has 3 N–H and O–H groups in total. The molecule has 198 valence electrons. The molecule has 3 aromatic carbocycles. The first-order valence-electron chi connectivity index (χ1n) is 12.5. The highest BCUT2D eigenvalue weighted by Gasteiger charge is 2.34. The van der Waals surface area contributed by atoms with Gasteiger partial charge in [-0.2, -0.15) is 5.26 Å². The van der Waals surface area contributed by atoms with Crippen LogP contribution in [0.5, 0.6) is 0 Å². The van der Waals surface area contributed by atoms with E-state index in [0.29, 0.717) is 38.5 Å². The summed E-state index contributed by atoms with van der Waals surface area (Å²) in [6.07, 6.45) is 0. The van der Waals surface area contributed by atoms with Gasteiger partial charge in [0, 0.05) is 27.7 Å². The molecule has 1 heterocycles. The summed E-state index contributed by atoms with van der Waals surface area (Å²) < 4.78 is 0. The molecule has 39 heavy (non-hydrogen) atoms. The number of nitrogens with zero attached hydrogens (tertiary/aromatic N) is 1. The third kappa shape index (κ3) is 6.91. The number of thioether (sulfide) groups is 1. The van der Waals surface area contributed by atoms with E-state index in [-0.39, 0.29) is 17.6 Å². The molecule has 1 aliphatic rings. The van der Waals surface area contributed by atoms with Crippen LogP contribution in [0.15, 0.2) is 101 Å². The van der Waals surface area contributed by atoms with Gasteiger partial charge in [-0.05, 0) is 60.4 Å². The standard InChI is InChI=1S/C31H29ClN4O2S/c1-19(2)21-9-13-24(14-10-21)35-27(37)18-39-31-26(17-33)29(22-7-5-4-6-8-22)28(20(3)34-31)30(38)36-25-15-11-23(32)12-16-25/h4-16,19,29,34H,18H2,1-3H3,(H,35,37)(H,36,38). The average molecular weight is 557 g/mol. The van der Waals surface area contributed by atoms with Gasteiger partial charge in [0.25, 0.3) is 5.91 Å². The Kier molecular flexibility index (Phi) is 9.13. The molecule has 6 nitrogen and oxygen atoms in total. The summed E-state index contributed by atoms with van der Waals surface area (Å²) in [6.45, 7) is 6.04. The third-order valence-corrected chi connectivity index (χ3v) is 7.60. The molecule has 1 aliphatic heterocycles. The Balaban J connectivity index is 1.56. The number of anilines is 2. The lowest BCUT2D eigenvalue weighted by Crippen LogP contribution is -2.31. The highest BCUT2D eigenvalue weighted by molar-refractivity contribution is 8.03. The fourth-order valence-corrected chi connectivity index (χ4v) is 5.34. The summed E-state index contributed by atoms with van der Waals surface area (Å²) >= 11 is 7.23. The number of amides is 2. The van der Waals surface area contributed by atoms with Gasteiger partial charge in [-0.3, -0.25) is 9.59 Å². The van der Waals surface area contributed by atoms with Crippen LogP contribution in [0.4, 0.5) is 11.4 Å². The molecule has 0 aliphatic carbocycles. The van der Waals surface area contributed by atoms with E-state index >= 15 is 0 Å². The summed E-state index contributed by atoms with van der Waals surface area (Å²) in [5.74, 6) is -0.603. The first kappa shape index (κ1) is 28.0. The topological polar surface area (TPSA) is 94.0 Å². The predicted molar refractivity (Wildman–Crippen MR) is 159 cm³/mol. The second kappa shape index (κ2) is 12.7. The van der Waals surface area contributed by atoms with E-state index < -0.39 is 5.92 Å². The summed E-state index contributed by atoms with van der Waals surface area (Å²) in [5.41, 5.74) is 4.75. The minimum Gasteiger partial charge on any atom is -0.353 e. The number of hydrogen-bond acceptors (Lipinski definition) is 5. The minimum atomic E-state index is -0.598. The lowest BCUT2D eigenvalue weighted by atomic mass is 9.82. The molecule has 2 amide bonds. The number of carbonyl (C=O) groups excluding carboxylic acids is 2. The van der Waals surface area contributed by atoms with Gasteiger partial charge in [0.1, 0.15) is 0 Å². The number of hydrogen-bond donors (Lipinski definition) is 3. The van der Waals surface area contributed by atoms with Gasteiger partial charge >= 0.3 is 0 Å². The van der Waals surface area contributed by atoms with Crippen LogP contribution < -0.4 is 16.0 Å². The SMILES string of the molecule is CC1=C(C(=O)Nc2ccc(Cl)cc2)C(c2ccccc2)C(C#N)=C(SCC(=O)Nc2ccc(C(C)C)cc2)N1. The van der Waals surface area contributed by atoms with Gasteiger partial charge in [0.15, 0.2) is 0 Å². The van der Waals surface area contributed by atoms with Gasteiger partial charge in [0.05, 0.1) is 28.3 Å². The number of allylic oxidation sites excluding steroid dienone is 2. The van der Waals surface area contributed by atoms with Crippen molar-refractivity contribution in [2.45, 2.75) is 32.6 Å². The molecule has 1 atom stereocenters. The van der Waals surface area contributed by atoms with E-state index in [1.165, 1.54) is 17.3 Å². The number of carbonyl (C=O) groups is 2. The number of halogens is 1. The fraction of sp³-hybridized carbons (Fsp3) is 0.194. The molecule has 8 heteroatoms. The lowest BCUT2D eigenvalue weighted by molar-refractivity contribution is -0.114. The molecule has 0 aromatic heterocycles. The summed E-state index contributed by atoms with van der Waals surface area (Å²) in [4.78, 5) is 26.3. The van der Waals surface area contributed by atoms with Crippen molar-refractivity contribution in [3.63, 3.8) is 0 Å². The van der Waals surface area contributed by atoms with Crippen molar-refractivity contribution in [3.05, 3.63) is 117 Å². The Morgan fingerprint density at radius 2 is 1.59 bits per heavy atom. The third-order valence-electron chi connectivity index (χ3n) is 6.34. The Hall–Kier alpha value is -3.99. The first-order chi connectivity index (χ1) is 18.8. The Morgan fingerprint density at radius 1 is 0.974 bits per heavy atom. The Bertz CT molecular complexity index is 1460. The molecule has 4 rings (SSSR count). The molecule has 0 saturated carbocycles. The van der Waals surface area contributed by atoms with Crippen molar-refractivity contribution in [1.29, 1.82) is 5.26 Å².